The molecule has 4 heteroatoms. The number of hydrogen-bond acceptors (Lipinski definition) is 3. The molecule has 0 aliphatic rings. The van der Waals surface area contributed by atoms with Crippen molar-refractivity contribution in [1.29, 1.82) is 0 Å². The van der Waals surface area contributed by atoms with E-state index in [0.29, 0.717) is 0 Å². The summed E-state index contributed by atoms with van der Waals surface area (Å²) in [5.41, 5.74) is 5.17. The molecule has 1 atom stereocenters. The SMILES string of the molecule is Cc1ccc(CC(NN)c2ccc(C)s2)c(Cl)c1. The third-order valence-electron chi connectivity index (χ3n) is 2.94. The Hall–Kier alpha value is -0.870. The summed E-state index contributed by atoms with van der Waals surface area (Å²) in [5.74, 6) is 5.66. The van der Waals surface area contributed by atoms with Gasteiger partial charge in [-0.15, -0.1) is 11.3 Å². The maximum Gasteiger partial charge on any atom is 0.0594 e. The Morgan fingerprint density at radius 1 is 1.28 bits per heavy atom. The summed E-state index contributed by atoms with van der Waals surface area (Å²) in [6.07, 6.45) is 0.801. The first-order valence-electron chi connectivity index (χ1n) is 5.87. The highest BCUT2D eigenvalue weighted by atomic mass is 35.5. The smallest absolute Gasteiger partial charge is 0.0594 e. The van der Waals surface area contributed by atoms with Crippen LogP contribution in [0.2, 0.25) is 5.02 Å². The van der Waals surface area contributed by atoms with Crippen LogP contribution in [0.5, 0.6) is 0 Å². The first kappa shape index (κ1) is 13.6. The van der Waals surface area contributed by atoms with Crippen LogP contribution in [0.25, 0.3) is 0 Å². The summed E-state index contributed by atoms with van der Waals surface area (Å²) in [5, 5.41) is 0.809. The third kappa shape index (κ3) is 3.12. The topological polar surface area (TPSA) is 38.0 Å². The van der Waals surface area contributed by atoms with Gasteiger partial charge in [-0.2, -0.15) is 0 Å². The first-order chi connectivity index (χ1) is 8.60. The van der Waals surface area contributed by atoms with Gasteiger partial charge in [-0.25, -0.2) is 0 Å². The van der Waals surface area contributed by atoms with Crippen LogP contribution in [0.1, 0.15) is 26.9 Å². The zero-order chi connectivity index (χ0) is 13.1. The molecule has 2 nitrogen and oxygen atoms in total. The van der Waals surface area contributed by atoms with E-state index in [-0.39, 0.29) is 6.04 Å². The Morgan fingerprint density at radius 3 is 2.61 bits per heavy atom. The highest BCUT2D eigenvalue weighted by Crippen LogP contribution is 2.28. The fourth-order valence-electron chi connectivity index (χ4n) is 1.92. The van der Waals surface area contributed by atoms with Gasteiger partial charge in [-0.3, -0.25) is 11.3 Å². The van der Waals surface area contributed by atoms with Gasteiger partial charge < -0.3 is 0 Å². The van der Waals surface area contributed by atoms with Crippen molar-refractivity contribution < 1.29 is 0 Å². The quantitative estimate of drug-likeness (QED) is 0.661. The van der Waals surface area contributed by atoms with Crippen LogP contribution < -0.4 is 11.3 Å². The molecule has 1 aromatic carbocycles. The van der Waals surface area contributed by atoms with Gasteiger partial charge >= 0.3 is 0 Å². The number of hydrazine groups is 1. The standard InChI is InChI=1S/C14H17ClN2S/c1-9-3-5-11(12(15)7-9)8-13(17-16)14-6-4-10(2)18-14/h3-7,13,17H,8,16H2,1-2H3. The normalized spacial score (nSPS) is 12.7. The van der Waals surface area contributed by atoms with Gasteiger partial charge in [0.1, 0.15) is 0 Å². The fourth-order valence-corrected chi connectivity index (χ4v) is 3.17. The first-order valence-corrected chi connectivity index (χ1v) is 7.07. The lowest BCUT2D eigenvalue weighted by Gasteiger charge is -2.15. The van der Waals surface area contributed by atoms with Gasteiger partial charge in [-0.05, 0) is 49.6 Å². The van der Waals surface area contributed by atoms with Crippen molar-refractivity contribution >= 4 is 22.9 Å². The average Bonchev–Trinajstić information content (AvgIpc) is 2.75. The van der Waals surface area contributed by atoms with Crippen molar-refractivity contribution in [3.63, 3.8) is 0 Å². The second-order valence-corrected chi connectivity index (χ2v) is 6.19. The number of hydrogen-bond donors (Lipinski definition) is 2. The van der Waals surface area contributed by atoms with Gasteiger partial charge in [0.15, 0.2) is 0 Å². The van der Waals surface area contributed by atoms with Crippen molar-refractivity contribution in [1.82, 2.24) is 5.43 Å². The molecule has 2 rings (SSSR count). The molecule has 0 saturated heterocycles. The Morgan fingerprint density at radius 2 is 2.06 bits per heavy atom. The van der Waals surface area contributed by atoms with Gasteiger partial charge in [0.2, 0.25) is 0 Å². The summed E-state index contributed by atoms with van der Waals surface area (Å²) >= 11 is 8.02. The van der Waals surface area contributed by atoms with Gasteiger partial charge in [-0.1, -0.05) is 23.7 Å². The number of nitrogens with two attached hydrogens (primary N) is 1. The molecule has 3 N–H and O–H groups in total. The Kier molecular flexibility index (Phi) is 4.40. The molecule has 0 fully saturated rings. The summed E-state index contributed by atoms with van der Waals surface area (Å²) in [7, 11) is 0. The maximum absolute atomic E-state index is 6.26. The summed E-state index contributed by atoms with van der Waals surface area (Å²) in [4.78, 5) is 2.53. The number of nitrogens with one attached hydrogen (secondary N) is 1. The lowest BCUT2D eigenvalue weighted by atomic mass is 10.0. The highest BCUT2D eigenvalue weighted by molar-refractivity contribution is 7.12. The van der Waals surface area contributed by atoms with Crippen molar-refractivity contribution in [3.8, 4) is 0 Å². The second-order valence-electron chi connectivity index (χ2n) is 4.47. The average molecular weight is 281 g/mol. The molecular formula is C14H17ClN2S. The molecule has 1 aromatic heterocycles. The predicted molar refractivity (Wildman–Crippen MR) is 79.0 cm³/mol. The molecule has 96 valence electrons. The summed E-state index contributed by atoms with van der Waals surface area (Å²) in [6, 6.07) is 10.5. The Balaban J connectivity index is 2.20. The third-order valence-corrected chi connectivity index (χ3v) is 4.40. The van der Waals surface area contributed by atoms with Crippen LogP contribution in [-0.2, 0) is 6.42 Å². The van der Waals surface area contributed by atoms with Crippen molar-refractivity contribution in [3.05, 3.63) is 56.2 Å². The minimum absolute atomic E-state index is 0.115. The predicted octanol–water partition coefficient (Wildman–Crippen LogP) is 3.77. The van der Waals surface area contributed by atoms with Crippen molar-refractivity contribution in [2.45, 2.75) is 26.3 Å². The zero-order valence-electron chi connectivity index (χ0n) is 10.5. The van der Waals surface area contributed by atoms with Gasteiger partial charge in [0, 0.05) is 14.8 Å². The van der Waals surface area contributed by atoms with E-state index >= 15 is 0 Å². The van der Waals surface area contributed by atoms with Crippen LogP contribution >= 0.6 is 22.9 Å². The summed E-state index contributed by atoms with van der Waals surface area (Å²) < 4.78 is 0. The molecule has 0 bridgehead atoms. The van der Waals surface area contributed by atoms with Crippen LogP contribution in [0.15, 0.2) is 30.3 Å². The number of halogens is 1. The molecule has 0 amide bonds. The van der Waals surface area contributed by atoms with E-state index in [1.54, 1.807) is 11.3 Å². The van der Waals surface area contributed by atoms with E-state index in [1.807, 2.05) is 13.0 Å². The number of thiophene rings is 1. The van der Waals surface area contributed by atoms with Crippen LogP contribution in [0.3, 0.4) is 0 Å². The van der Waals surface area contributed by atoms with Crippen molar-refractivity contribution in [2.75, 3.05) is 0 Å². The molecule has 0 spiro atoms. The van der Waals surface area contributed by atoms with Gasteiger partial charge in [0.05, 0.1) is 6.04 Å². The molecule has 1 unspecified atom stereocenters. The molecule has 0 saturated carbocycles. The van der Waals surface area contributed by atoms with Gasteiger partial charge in [0.25, 0.3) is 0 Å². The Bertz CT molecular complexity index is 536. The summed E-state index contributed by atoms with van der Waals surface area (Å²) in [6.45, 7) is 4.14. The number of benzene rings is 1. The lowest BCUT2D eigenvalue weighted by Crippen LogP contribution is -2.29. The number of rotatable bonds is 4. The zero-order valence-corrected chi connectivity index (χ0v) is 12.1. The van der Waals surface area contributed by atoms with Crippen molar-refractivity contribution in [2.24, 2.45) is 5.84 Å². The molecule has 2 aromatic rings. The highest BCUT2D eigenvalue weighted by Gasteiger charge is 2.14. The van der Waals surface area contributed by atoms with Crippen LogP contribution in [0.4, 0.5) is 0 Å². The number of aryl methyl sites for hydroxylation is 2. The second kappa shape index (κ2) is 5.85. The van der Waals surface area contributed by atoms with E-state index in [9.17, 15) is 0 Å². The monoisotopic (exact) mass is 280 g/mol. The molecular weight excluding hydrogens is 264 g/mol. The molecule has 18 heavy (non-hydrogen) atoms. The molecule has 1 heterocycles. The van der Waals surface area contributed by atoms with E-state index in [1.165, 1.54) is 15.3 Å². The lowest BCUT2D eigenvalue weighted by molar-refractivity contribution is 0.560. The van der Waals surface area contributed by atoms with E-state index in [4.69, 9.17) is 17.4 Å². The molecule has 0 radical (unpaired) electrons. The fraction of sp³-hybridized carbons (Fsp3) is 0.286. The van der Waals surface area contributed by atoms with Crippen LogP contribution in [0, 0.1) is 13.8 Å². The maximum atomic E-state index is 6.26. The molecule has 0 aliphatic carbocycles. The largest absolute Gasteiger partial charge is 0.271 e. The van der Waals surface area contributed by atoms with Crippen LogP contribution in [-0.4, -0.2) is 0 Å². The Labute approximate surface area is 117 Å². The minimum Gasteiger partial charge on any atom is -0.271 e. The van der Waals surface area contributed by atoms with E-state index < -0.39 is 0 Å². The van der Waals surface area contributed by atoms with E-state index in [2.05, 4.69) is 36.6 Å². The van der Waals surface area contributed by atoms with E-state index in [0.717, 1.165) is 17.0 Å². The molecule has 0 aliphatic heterocycles. The minimum atomic E-state index is 0.115.